The van der Waals surface area contributed by atoms with Crippen molar-refractivity contribution in [1.82, 2.24) is 0 Å². The number of azide groups is 1. The summed E-state index contributed by atoms with van der Waals surface area (Å²) in [6.45, 7) is 7.97. The van der Waals surface area contributed by atoms with Crippen molar-refractivity contribution in [1.29, 1.82) is 0 Å². The molecule has 0 fully saturated rings. The van der Waals surface area contributed by atoms with Crippen LogP contribution in [-0.2, 0) is 15.8 Å². The van der Waals surface area contributed by atoms with Crippen LogP contribution in [-0.4, -0.2) is 34.7 Å². The van der Waals surface area contributed by atoms with E-state index < -0.39 is 8.32 Å². The van der Waals surface area contributed by atoms with E-state index in [9.17, 15) is 0 Å². The maximum Gasteiger partial charge on any atom is 0.261 e. The summed E-state index contributed by atoms with van der Waals surface area (Å²) in [5, 5.41) is 6.13. The van der Waals surface area contributed by atoms with Gasteiger partial charge in [0.25, 0.3) is 8.32 Å². The van der Waals surface area contributed by atoms with Gasteiger partial charge in [-0.2, -0.15) is 0 Å². The van der Waals surface area contributed by atoms with Gasteiger partial charge in [0, 0.05) is 11.5 Å². The normalized spacial score (nSPS) is 12.6. The van der Waals surface area contributed by atoms with Crippen molar-refractivity contribution in [2.45, 2.75) is 44.9 Å². The molecule has 3 aromatic carbocycles. The molecule has 35 heavy (non-hydrogen) atoms. The second kappa shape index (κ2) is 12.6. The first-order chi connectivity index (χ1) is 16.9. The Morgan fingerprint density at radius 2 is 1.46 bits per heavy atom. The summed E-state index contributed by atoms with van der Waals surface area (Å²) in [5.74, 6) is 0.821. The zero-order valence-electron chi connectivity index (χ0n) is 21.1. The van der Waals surface area contributed by atoms with E-state index >= 15 is 0 Å². The van der Waals surface area contributed by atoms with Crippen molar-refractivity contribution >= 4 is 18.7 Å². The van der Waals surface area contributed by atoms with Crippen molar-refractivity contribution < 1.29 is 13.9 Å². The van der Waals surface area contributed by atoms with Gasteiger partial charge in [-0.05, 0) is 45.1 Å². The number of nitrogens with zero attached hydrogens (tertiary/aromatic N) is 3. The van der Waals surface area contributed by atoms with Crippen LogP contribution in [0.5, 0.6) is 5.75 Å². The molecule has 0 aliphatic carbocycles. The Labute approximate surface area is 209 Å². The number of rotatable bonds is 12. The monoisotopic (exact) mass is 489 g/mol. The van der Waals surface area contributed by atoms with Gasteiger partial charge in [-0.1, -0.05) is 98.7 Å². The van der Waals surface area contributed by atoms with Gasteiger partial charge in [-0.3, -0.25) is 0 Å². The smallest absolute Gasteiger partial charge is 0.261 e. The molecule has 0 aromatic heterocycles. The fourth-order valence-electron chi connectivity index (χ4n) is 4.38. The molecule has 0 aliphatic rings. The summed E-state index contributed by atoms with van der Waals surface area (Å²) in [7, 11) is -1.10. The number of hydrogen-bond acceptors (Lipinski definition) is 4. The van der Waals surface area contributed by atoms with E-state index in [0.29, 0.717) is 19.6 Å². The average Bonchev–Trinajstić information content (AvgIpc) is 2.88. The Kier molecular flexibility index (Phi) is 9.52. The van der Waals surface area contributed by atoms with Crippen LogP contribution in [0.3, 0.4) is 0 Å². The van der Waals surface area contributed by atoms with Gasteiger partial charge >= 0.3 is 0 Å². The van der Waals surface area contributed by atoms with Crippen LogP contribution >= 0.6 is 0 Å². The minimum atomic E-state index is -2.75. The van der Waals surface area contributed by atoms with Gasteiger partial charge in [0.05, 0.1) is 26.4 Å². The lowest BCUT2D eigenvalue weighted by molar-refractivity contribution is 0.0816. The van der Waals surface area contributed by atoms with Crippen molar-refractivity contribution in [2.75, 3.05) is 20.3 Å². The largest absolute Gasteiger partial charge is 0.497 e. The number of methoxy groups -OCH3 is 1. The first kappa shape index (κ1) is 26.5. The van der Waals surface area contributed by atoms with Crippen LogP contribution < -0.4 is 15.1 Å². The predicted octanol–water partition coefficient (Wildman–Crippen LogP) is 5.86. The van der Waals surface area contributed by atoms with E-state index in [4.69, 9.17) is 19.4 Å². The third kappa shape index (κ3) is 6.74. The van der Waals surface area contributed by atoms with Crippen molar-refractivity contribution in [3.05, 3.63) is 101 Å². The van der Waals surface area contributed by atoms with Crippen LogP contribution in [0.1, 0.15) is 32.8 Å². The molecular formula is C28H35N3O3Si. The summed E-state index contributed by atoms with van der Waals surface area (Å²) in [6.07, 6.45) is 0.354. The Bertz CT molecular complexity index is 1040. The Hall–Kier alpha value is -3.09. The van der Waals surface area contributed by atoms with Gasteiger partial charge in [0.1, 0.15) is 5.75 Å². The van der Waals surface area contributed by atoms with Gasteiger partial charge in [0.15, 0.2) is 0 Å². The highest BCUT2D eigenvalue weighted by Crippen LogP contribution is 2.37. The van der Waals surface area contributed by atoms with E-state index in [-0.39, 0.29) is 17.7 Å². The first-order valence-corrected chi connectivity index (χ1v) is 13.8. The number of hydrogen-bond donors (Lipinski definition) is 0. The van der Waals surface area contributed by atoms with Crippen LogP contribution in [0.2, 0.25) is 5.04 Å². The highest BCUT2D eigenvalue weighted by molar-refractivity contribution is 6.99. The molecule has 0 radical (unpaired) electrons. The fraction of sp³-hybridized carbons (Fsp3) is 0.357. The number of ether oxygens (including phenoxy) is 2. The summed E-state index contributed by atoms with van der Waals surface area (Å²) in [4.78, 5) is 3.01. The second-order valence-corrected chi connectivity index (χ2v) is 13.8. The summed E-state index contributed by atoms with van der Waals surface area (Å²) in [5.41, 5.74) is 10.1. The van der Waals surface area contributed by atoms with E-state index in [1.165, 1.54) is 10.4 Å². The molecular weight excluding hydrogens is 454 g/mol. The maximum atomic E-state index is 9.04. The maximum absolute atomic E-state index is 9.04. The van der Waals surface area contributed by atoms with Crippen LogP contribution in [0.25, 0.3) is 10.4 Å². The van der Waals surface area contributed by atoms with Gasteiger partial charge in [0.2, 0.25) is 0 Å². The fourth-order valence-corrected chi connectivity index (χ4v) is 9.09. The Morgan fingerprint density at radius 3 is 1.94 bits per heavy atom. The second-order valence-electron chi connectivity index (χ2n) is 9.51. The predicted molar refractivity (Wildman–Crippen MR) is 144 cm³/mol. The lowest BCUT2D eigenvalue weighted by atomic mass is 10.2. The highest BCUT2D eigenvalue weighted by Gasteiger charge is 2.51. The van der Waals surface area contributed by atoms with Crippen molar-refractivity contribution in [3.8, 4) is 5.75 Å². The van der Waals surface area contributed by atoms with Gasteiger partial charge < -0.3 is 13.9 Å². The summed E-state index contributed by atoms with van der Waals surface area (Å²) >= 11 is 0. The van der Waals surface area contributed by atoms with Crippen molar-refractivity contribution in [2.24, 2.45) is 5.11 Å². The molecule has 0 N–H and O–H groups in total. The molecule has 3 aromatic rings. The van der Waals surface area contributed by atoms with Crippen molar-refractivity contribution in [3.63, 3.8) is 0 Å². The molecule has 0 unspecified atom stereocenters. The minimum Gasteiger partial charge on any atom is -0.497 e. The van der Waals surface area contributed by atoms with Crippen LogP contribution in [0.15, 0.2) is 90.0 Å². The molecule has 0 heterocycles. The van der Waals surface area contributed by atoms with Crippen LogP contribution in [0, 0.1) is 0 Å². The average molecular weight is 490 g/mol. The molecule has 0 bridgehead atoms. The molecule has 3 rings (SSSR count). The van der Waals surface area contributed by atoms with Crippen LogP contribution in [0.4, 0.5) is 0 Å². The quantitative estimate of drug-likeness (QED) is 0.105. The summed E-state index contributed by atoms with van der Waals surface area (Å²) < 4.78 is 18.3. The molecule has 0 spiro atoms. The summed E-state index contributed by atoms with van der Waals surface area (Å²) in [6, 6.07) is 28.8. The molecule has 7 heteroatoms. The molecule has 184 valence electrons. The zero-order chi connectivity index (χ0) is 25.2. The topological polar surface area (TPSA) is 76.5 Å². The molecule has 0 saturated carbocycles. The molecule has 0 amide bonds. The SMILES string of the molecule is COc1ccc(COCC[C@H](CN=[N+]=[N-])O[Si](c2ccccc2)(c2ccccc2)C(C)(C)C)cc1. The first-order valence-electron chi connectivity index (χ1n) is 11.9. The highest BCUT2D eigenvalue weighted by atomic mass is 28.4. The van der Waals surface area contributed by atoms with E-state index in [1.54, 1.807) is 7.11 Å². The number of benzene rings is 3. The van der Waals surface area contributed by atoms with E-state index in [2.05, 4.69) is 79.3 Å². The van der Waals surface area contributed by atoms with Gasteiger partial charge in [-0.15, -0.1) is 0 Å². The molecule has 1 atom stereocenters. The third-order valence-electron chi connectivity index (χ3n) is 6.12. The van der Waals surface area contributed by atoms with Gasteiger partial charge in [-0.25, -0.2) is 0 Å². The Balaban J connectivity index is 1.84. The molecule has 6 nitrogen and oxygen atoms in total. The molecule has 0 saturated heterocycles. The lowest BCUT2D eigenvalue weighted by Crippen LogP contribution is -2.68. The minimum absolute atomic E-state index is 0.158. The molecule has 0 aliphatic heterocycles. The third-order valence-corrected chi connectivity index (χ3v) is 11.2. The van der Waals surface area contributed by atoms with E-state index in [1.807, 2.05) is 36.4 Å². The lowest BCUT2D eigenvalue weighted by Gasteiger charge is -2.45. The standard InChI is InChI=1S/C28H35N3O3Si/c1-28(2,3)35(26-11-7-5-8-12-26,27-13-9-6-10-14-27)34-25(21-30-31-29)19-20-33-22-23-15-17-24(32-4)18-16-23/h5-18,25H,19-22H2,1-4H3/t25-/m1/s1. The van der Waals surface area contributed by atoms with E-state index in [0.717, 1.165) is 11.3 Å². The Morgan fingerprint density at radius 1 is 0.886 bits per heavy atom. The zero-order valence-corrected chi connectivity index (χ0v) is 22.1.